The molecule has 3 N–H and O–H groups in total. The summed E-state index contributed by atoms with van der Waals surface area (Å²) in [7, 11) is 0. The van der Waals surface area contributed by atoms with Gasteiger partial charge in [0.15, 0.2) is 5.13 Å². The van der Waals surface area contributed by atoms with E-state index >= 15 is 0 Å². The molecule has 0 aliphatic heterocycles. The molecular formula is C15H18N4O3S. The first-order valence-corrected chi connectivity index (χ1v) is 8.10. The predicted octanol–water partition coefficient (Wildman–Crippen LogP) is 1.54. The first-order chi connectivity index (χ1) is 11.0. The largest absolute Gasteiger partial charge is 0.353 e. The highest BCUT2D eigenvalue weighted by atomic mass is 32.1. The van der Waals surface area contributed by atoms with Crippen molar-refractivity contribution in [3.8, 4) is 0 Å². The molecule has 0 saturated heterocycles. The van der Waals surface area contributed by atoms with E-state index in [1.54, 1.807) is 11.4 Å². The Labute approximate surface area is 137 Å². The van der Waals surface area contributed by atoms with Gasteiger partial charge in [0.2, 0.25) is 5.91 Å². The molecule has 122 valence electrons. The van der Waals surface area contributed by atoms with Crippen molar-refractivity contribution in [2.24, 2.45) is 0 Å². The number of thiazole rings is 1. The van der Waals surface area contributed by atoms with Gasteiger partial charge in [0.25, 0.3) is 11.5 Å². The second-order valence-corrected chi connectivity index (χ2v) is 5.92. The molecule has 2 aromatic heterocycles. The first-order valence-electron chi connectivity index (χ1n) is 7.22. The highest BCUT2D eigenvalue weighted by Crippen LogP contribution is 2.16. The Morgan fingerprint density at radius 3 is 2.91 bits per heavy atom. The molecule has 2 amide bonds. The summed E-state index contributed by atoms with van der Waals surface area (Å²) in [6.07, 6.45) is 2.47. The van der Waals surface area contributed by atoms with Crippen LogP contribution in [0.25, 0.3) is 0 Å². The lowest BCUT2D eigenvalue weighted by molar-refractivity contribution is -0.121. The van der Waals surface area contributed by atoms with Crippen LogP contribution in [0, 0.1) is 0 Å². The number of carbonyl (C=O) groups is 2. The van der Waals surface area contributed by atoms with Crippen LogP contribution in [0.15, 0.2) is 28.5 Å². The quantitative estimate of drug-likeness (QED) is 0.745. The maximum absolute atomic E-state index is 12.0. The van der Waals surface area contributed by atoms with Gasteiger partial charge in [0.05, 0.1) is 12.1 Å². The molecule has 0 aliphatic rings. The van der Waals surface area contributed by atoms with Crippen LogP contribution >= 0.6 is 11.3 Å². The summed E-state index contributed by atoms with van der Waals surface area (Å²) in [5.41, 5.74) is 0.126. The van der Waals surface area contributed by atoms with Crippen LogP contribution in [0.4, 0.5) is 5.13 Å². The maximum atomic E-state index is 12.0. The van der Waals surface area contributed by atoms with Gasteiger partial charge in [-0.1, -0.05) is 6.92 Å². The standard InChI is InChI=1S/C15H18N4O3S/c1-3-9(2)17-12(20)7-10-8-23-15(18-10)19-14(22)11-5-4-6-16-13(11)21/h4-6,8-9H,3,7H2,1-2H3,(H,16,21)(H,17,20)(H,18,19,22). The minimum Gasteiger partial charge on any atom is -0.353 e. The van der Waals surface area contributed by atoms with Crippen molar-refractivity contribution in [3.63, 3.8) is 0 Å². The number of carbonyl (C=O) groups excluding carboxylic acids is 2. The fourth-order valence-corrected chi connectivity index (χ4v) is 2.51. The number of amides is 2. The van der Waals surface area contributed by atoms with Crippen LogP contribution in [-0.2, 0) is 11.2 Å². The van der Waals surface area contributed by atoms with Crippen LogP contribution in [0.5, 0.6) is 0 Å². The topological polar surface area (TPSA) is 104 Å². The number of pyridine rings is 1. The Balaban J connectivity index is 1.97. The number of hydrogen-bond donors (Lipinski definition) is 3. The van der Waals surface area contributed by atoms with Crippen LogP contribution in [0.1, 0.15) is 36.3 Å². The number of anilines is 1. The van der Waals surface area contributed by atoms with Crippen molar-refractivity contribution in [2.45, 2.75) is 32.7 Å². The third-order valence-corrected chi connectivity index (χ3v) is 4.00. The molecule has 1 unspecified atom stereocenters. The molecular weight excluding hydrogens is 316 g/mol. The minimum atomic E-state index is -0.531. The molecule has 0 saturated carbocycles. The molecule has 1 atom stereocenters. The molecule has 0 fully saturated rings. The van der Waals surface area contributed by atoms with Gasteiger partial charge in [-0.15, -0.1) is 11.3 Å². The molecule has 2 aromatic rings. The zero-order valence-corrected chi connectivity index (χ0v) is 13.7. The SMILES string of the molecule is CCC(C)NC(=O)Cc1csc(NC(=O)c2ccc[nH]c2=O)n1. The van der Waals surface area contributed by atoms with Crippen LogP contribution in [0.3, 0.4) is 0 Å². The molecule has 0 aliphatic carbocycles. The van der Waals surface area contributed by atoms with Gasteiger partial charge < -0.3 is 10.3 Å². The molecule has 2 heterocycles. The number of aromatic amines is 1. The van der Waals surface area contributed by atoms with Crippen molar-refractivity contribution in [2.75, 3.05) is 5.32 Å². The first kappa shape index (κ1) is 16.9. The highest BCUT2D eigenvalue weighted by Gasteiger charge is 2.13. The maximum Gasteiger partial charge on any atom is 0.263 e. The van der Waals surface area contributed by atoms with E-state index in [2.05, 4.69) is 20.6 Å². The van der Waals surface area contributed by atoms with Crippen LogP contribution in [0.2, 0.25) is 0 Å². The molecule has 7 nitrogen and oxygen atoms in total. The van der Waals surface area contributed by atoms with Gasteiger partial charge in [-0.3, -0.25) is 19.7 Å². The summed E-state index contributed by atoms with van der Waals surface area (Å²) in [5, 5.41) is 7.48. The van der Waals surface area contributed by atoms with Crippen molar-refractivity contribution in [1.82, 2.24) is 15.3 Å². The summed E-state index contributed by atoms with van der Waals surface area (Å²) in [4.78, 5) is 42.0. The van der Waals surface area contributed by atoms with Gasteiger partial charge >= 0.3 is 0 Å². The predicted molar refractivity (Wildman–Crippen MR) is 88.7 cm³/mol. The average molecular weight is 334 g/mol. The summed E-state index contributed by atoms with van der Waals surface area (Å²) >= 11 is 1.21. The molecule has 2 rings (SSSR count). The third kappa shape index (κ3) is 4.75. The molecule has 0 radical (unpaired) electrons. The zero-order chi connectivity index (χ0) is 16.8. The lowest BCUT2D eigenvalue weighted by Gasteiger charge is -2.10. The van der Waals surface area contributed by atoms with Gasteiger partial charge in [0.1, 0.15) is 5.56 Å². The summed E-state index contributed by atoms with van der Waals surface area (Å²) in [6, 6.07) is 3.12. The van der Waals surface area contributed by atoms with E-state index in [0.29, 0.717) is 10.8 Å². The number of hydrogen-bond acceptors (Lipinski definition) is 5. The van der Waals surface area contributed by atoms with Crippen molar-refractivity contribution in [3.05, 3.63) is 45.3 Å². The van der Waals surface area contributed by atoms with E-state index in [1.165, 1.54) is 23.6 Å². The van der Waals surface area contributed by atoms with Gasteiger partial charge in [-0.2, -0.15) is 0 Å². The number of rotatable bonds is 6. The van der Waals surface area contributed by atoms with Gasteiger partial charge in [-0.05, 0) is 25.5 Å². The molecule has 0 aromatic carbocycles. The van der Waals surface area contributed by atoms with E-state index in [0.717, 1.165) is 6.42 Å². The second-order valence-electron chi connectivity index (χ2n) is 5.06. The van der Waals surface area contributed by atoms with E-state index in [-0.39, 0.29) is 23.9 Å². The number of H-pyrrole nitrogens is 1. The monoisotopic (exact) mass is 334 g/mol. The molecule has 0 spiro atoms. The highest BCUT2D eigenvalue weighted by molar-refractivity contribution is 7.14. The summed E-state index contributed by atoms with van der Waals surface area (Å²) in [6.45, 7) is 3.93. The van der Waals surface area contributed by atoms with Gasteiger partial charge in [-0.25, -0.2) is 4.98 Å². The van der Waals surface area contributed by atoms with Crippen molar-refractivity contribution in [1.29, 1.82) is 0 Å². The Bertz CT molecular complexity index is 753. The summed E-state index contributed by atoms with van der Waals surface area (Å²) in [5.74, 6) is -0.640. The molecule has 0 bridgehead atoms. The normalized spacial score (nSPS) is 11.7. The second kappa shape index (κ2) is 7.68. The van der Waals surface area contributed by atoms with E-state index < -0.39 is 11.5 Å². The number of nitrogens with zero attached hydrogens (tertiary/aromatic N) is 1. The minimum absolute atomic E-state index is 0.0127. The summed E-state index contributed by atoms with van der Waals surface area (Å²) < 4.78 is 0. The van der Waals surface area contributed by atoms with E-state index in [1.807, 2.05) is 13.8 Å². The average Bonchev–Trinajstić information content (AvgIpc) is 2.94. The zero-order valence-electron chi connectivity index (χ0n) is 12.9. The number of aromatic nitrogens is 2. The third-order valence-electron chi connectivity index (χ3n) is 3.20. The van der Waals surface area contributed by atoms with Crippen molar-refractivity contribution < 1.29 is 9.59 Å². The van der Waals surface area contributed by atoms with Gasteiger partial charge in [0, 0.05) is 17.6 Å². The molecule has 8 heteroatoms. The Morgan fingerprint density at radius 2 is 2.22 bits per heavy atom. The lowest BCUT2D eigenvalue weighted by atomic mass is 10.2. The Hall–Kier alpha value is -2.48. The van der Waals surface area contributed by atoms with Crippen LogP contribution in [-0.4, -0.2) is 27.8 Å². The number of nitrogens with one attached hydrogen (secondary N) is 3. The van der Waals surface area contributed by atoms with Crippen molar-refractivity contribution >= 4 is 28.3 Å². The van der Waals surface area contributed by atoms with E-state index in [4.69, 9.17) is 0 Å². The lowest BCUT2D eigenvalue weighted by Crippen LogP contribution is -2.33. The van der Waals surface area contributed by atoms with Crippen LogP contribution < -0.4 is 16.2 Å². The molecule has 23 heavy (non-hydrogen) atoms. The Morgan fingerprint density at radius 1 is 1.43 bits per heavy atom. The Kier molecular flexibility index (Phi) is 5.64. The smallest absolute Gasteiger partial charge is 0.263 e. The van der Waals surface area contributed by atoms with E-state index in [9.17, 15) is 14.4 Å². The fourth-order valence-electron chi connectivity index (χ4n) is 1.80. The fraction of sp³-hybridized carbons (Fsp3) is 0.333.